The third-order valence-corrected chi connectivity index (χ3v) is 4.02. The van der Waals surface area contributed by atoms with Crippen molar-refractivity contribution in [2.45, 2.75) is 71.3 Å². The number of tetrazole rings is 1. The van der Waals surface area contributed by atoms with Gasteiger partial charge in [-0.3, -0.25) is 4.90 Å². The Morgan fingerprint density at radius 1 is 1.23 bits per heavy atom. The first-order valence-corrected chi connectivity index (χ1v) is 7.91. The Kier molecular flexibility index (Phi) is 5.77. The van der Waals surface area contributed by atoms with Crippen molar-refractivity contribution in [3.63, 3.8) is 0 Å². The minimum atomic E-state index is -4.31. The molecule has 1 aliphatic heterocycles. The molecule has 2 rings (SSSR count). The standard InChI is InChI=1S/C14H24F3N5/c1-11(2)8-12-6-4-3-5-7-21(12)9-13-18-19-20-22(13)10-14(15,16)17/h11-12H,3-10H2,1-2H3. The minimum absolute atomic E-state index is 0.299. The molecule has 5 nitrogen and oxygen atoms in total. The molecule has 126 valence electrons. The van der Waals surface area contributed by atoms with Gasteiger partial charge in [-0.2, -0.15) is 13.2 Å². The van der Waals surface area contributed by atoms with Crippen LogP contribution < -0.4 is 0 Å². The van der Waals surface area contributed by atoms with E-state index in [4.69, 9.17) is 0 Å². The molecular weight excluding hydrogens is 295 g/mol. The Morgan fingerprint density at radius 3 is 2.68 bits per heavy atom. The van der Waals surface area contributed by atoms with Gasteiger partial charge in [-0.15, -0.1) is 5.10 Å². The van der Waals surface area contributed by atoms with E-state index in [0.717, 1.165) is 30.5 Å². The molecule has 0 aromatic carbocycles. The summed E-state index contributed by atoms with van der Waals surface area (Å²) in [4.78, 5) is 2.26. The average molecular weight is 319 g/mol. The van der Waals surface area contributed by atoms with Crippen LogP contribution in [0.4, 0.5) is 13.2 Å². The van der Waals surface area contributed by atoms with Crippen LogP contribution in [-0.2, 0) is 13.1 Å². The maximum atomic E-state index is 12.6. The molecule has 0 amide bonds. The van der Waals surface area contributed by atoms with Crippen molar-refractivity contribution >= 4 is 0 Å². The van der Waals surface area contributed by atoms with Gasteiger partial charge in [0.1, 0.15) is 6.54 Å². The first-order chi connectivity index (χ1) is 10.3. The molecule has 0 N–H and O–H groups in total. The van der Waals surface area contributed by atoms with E-state index in [0.29, 0.717) is 24.3 Å². The molecule has 1 fully saturated rings. The van der Waals surface area contributed by atoms with Crippen molar-refractivity contribution in [2.24, 2.45) is 5.92 Å². The Bertz CT molecular complexity index is 458. The smallest absolute Gasteiger partial charge is 0.293 e. The van der Waals surface area contributed by atoms with Gasteiger partial charge in [0.05, 0.1) is 6.54 Å². The van der Waals surface area contributed by atoms with Crippen LogP contribution in [0.1, 0.15) is 51.8 Å². The fourth-order valence-corrected chi connectivity index (χ4v) is 3.07. The van der Waals surface area contributed by atoms with Crippen LogP contribution in [0.2, 0.25) is 0 Å². The molecule has 0 radical (unpaired) electrons. The van der Waals surface area contributed by atoms with Gasteiger partial charge in [0.2, 0.25) is 0 Å². The lowest BCUT2D eigenvalue weighted by Crippen LogP contribution is -2.36. The maximum Gasteiger partial charge on any atom is 0.408 e. The highest BCUT2D eigenvalue weighted by Gasteiger charge is 2.31. The van der Waals surface area contributed by atoms with Gasteiger partial charge in [0, 0.05) is 6.04 Å². The van der Waals surface area contributed by atoms with Gasteiger partial charge in [0.25, 0.3) is 0 Å². The number of hydrogen-bond acceptors (Lipinski definition) is 4. The fraction of sp³-hybridized carbons (Fsp3) is 0.929. The van der Waals surface area contributed by atoms with Crippen LogP contribution in [0.15, 0.2) is 0 Å². The van der Waals surface area contributed by atoms with Crippen molar-refractivity contribution in [1.82, 2.24) is 25.1 Å². The van der Waals surface area contributed by atoms with Gasteiger partial charge in [-0.25, -0.2) is 4.68 Å². The number of rotatable bonds is 5. The van der Waals surface area contributed by atoms with Gasteiger partial charge in [-0.1, -0.05) is 26.7 Å². The summed E-state index contributed by atoms with van der Waals surface area (Å²) in [6, 6.07) is 0.401. The van der Waals surface area contributed by atoms with Crippen LogP contribution >= 0.6 is 0 Å². The number of likely N-dealkylation sites (tertiary alicyclic amines) is 1. The lowest BCUT2D eigenvalue weighted by atomic mass is 9.99. The first kappa shape index (κ1) is 17.2. The largest absolute Gasteiger partial charge is 0.408 e. The molecule has 2 heterocycles. The fourth-order valence-electron chi connectivity index (χ4n) is 3.07. The van der Waals surface area contributed by atoms with E-state index in [1.165, 1.54) is 12.8 Å². The summed E-state index contributed by atoms with van der Waals surface area (Å²) >= 11 is 0. The summed E-state index contributed by atoms with van der Waals surface area (Å²) in [5.74, 6) is 0.866. The average Bonchev–Trinajstić information content (AvgIpc) is 2.68. The summed E-state index contributed by atoms with van der Waals surface area (Å²) in [6.07, 6.45) is 1.29. The highest BCUT2D eigenvalue weighted by molar-refractivity contribution is 4.86. The zero-order valence-electron chi connectivity index (χ0n) is 13.2. The second-order valence-corrected chi connectivity index (χ2v) is 6.47. The molecule has 1 saturated heterocycles. The monoisotopic (exact) mass is 319 g/mol. The topological polar surface area (TPSA) is 46.8 Å². The predicted molar refractivity (Wildman–Crippen MR) is 76.0 cm³/mol. The number of aromatic nitrogens is 4. The zero-order chi connectivity index (χ0) is 16.2. The molecule has 1 atom stereocenters. The lowest BCUT2D eigenvalue weighted by Gasteiger charge is -2.30. The van der Waals surface area contributed by atoms with Crippen LogP contribution in [-0.4, -0.2) is 43.9 Å². The molecule has 1 unspecified atom stereocenters. The second kappa shape index (κ2) is 7.39. The zero-order valence-corrected chi connectivity index (χ0v) is 13.2. The summed E-state index contributed by atoms with van der Waals surface area (Å²) in [5, 5.41) is 10.7. The van der Waals surface area contributed by atoms with Crippen LogP contribution in [0.5, 0.6) is 0 Å². The van der Waals surface area contributed by atoms with Gasteiger partial charge in [0.15, 0.2) is 5.82 Å². The molecule has 0 bridgehead atoms. The Labute approximate surface area is 128 Å². The van der Waals surface area contributed by atoms with E-state index in [1.54, 1.807) is 0 Å². The molecule has 8 heteroatoms. The minimum Gasteiger partial charge on any atom is -0.293 e. The van der Waals surface area contributed by atoms with Crippen LogP contribution in [0, 0.1) is 5.92 Å². The lowest BCUT2D eigenvalue weighted by molar-refractivity contribution is -0.143. The normalized spacial score (nSPS) is 21.3. The first-order valence-electron chi connectivity index (χ1n) is 7.91. The van der Waals surface area contributed by atoms with E-state index < -0.39 is 12.7 Å². The van der Waals surface area contributed by atoms with Crippen LogP contribution in [0.3, 0.4) is 0 Å². The summed E-state index contributed by atoms with van der Waals surface area (Å²) < 4.78 is 38.6. The maximum absolute atomic E-state index is 12.6. The van der Waals surface area contributed by atoms with Crippen LogP contribution in [0.25, 0.3) is 0 Å². The molecular formula is C14H24F3N5. The third kappa shape index (κ3) is 5.23. The molecule has 1 aromatic heterocycles. The summed E-state index contributed by atoms with van der Waals surface area (Å²) in [6.45, 7) is 4.52. The Hall–Kier alpha value is -1.18. The van der Waals surface area contributed by atoms with E-state index in [1.807, 2.05) is 0 Å². The third-order valence-electron chi connectivity index (χ3n) is 4.02. The molecule has 1 aliphatic rings. The number of alkyl halides is 3. The van der Waals surface area contributed by atoms with Gasteiger partial charge >= 0.3 is 6.18 Å². The van der Waals surface area contributed by atoms with Crippen molar-refractivity contribution < 1.29 is 13.2 Å². The second-order valence-electron chi connectivity index (χ2n) is 6.47. The number of halogens is 3. The number of hydrogen-bond donors (Lipinski definition) is 0. The summed E-state index contributed by atoms with van der Waals surface area (Å²) in [5.41, 5.74) is 0. The predicted octanol–water partition coefficient (Wildman–Crippen LogP) is 3.03. The molecule has 22 heavy (non-hydrogen) atoms. The quantitative estimate of drug-likeness (QED) is 0.837. The SMILES string of the molecule is CC(C)CC1CCCCCN1Cc1nnnn1CC(F)(F)F. The molecule has 1 aromatic rings. The Balaban J connectivity index is 2.08. The molecule has 0 aliphatic carbocycles. The highest BCUT2D eigenvalue weighted by atomic mass is 19.4. The van der Waals surface area contributed by atoms with Gasteiger partial charge < -0.3 is 0 Å². The van der Waals surface area contributed by atoms with E-state index in [9.17, 15) is 13.2 Å². The van der Waals surface area contributed by atoms with E-state index in [-0.39, 0.29) is 0 Å². The van der Waals surface area contributed by atoms with Crippen molar-refractivity contribution in [1.29, 1.82) is 0 Å². The van der Waals surface area contributed by atoms with E-state index >= 15 is 0 Å². The van der Waals surface area contributed by atoms with E-state index in [2.05, 4.69) is 34.3 Å². The number of nitrogens with zero attached hydrogens (tertiary/aromatic N) is 5. The highest BCUT2D eigenvalue weighted by Crippen LogP contribution is 2.24. The van der Waals surface area contributed by atoms with Gasteiger partial charge in [-0.05, 0) is 42.2 Å². The van der Waals surface area contributed by atoms with Crippen molar-refractivity contribution in [3.8, 4) is 0 Å². The van der Waals surface area contributed by atoms with Crippen molar-refractivity contribution in [3.05, 3.63) is 5.82 Å². The van der Waals surface area contributed by atoms with Crippen molar-refractivity contribution in [2.75, 3.05) is 6.54 Å². The molecule has 0 saturated carbocycles. The Morgan fingerprint density at radius 2 is 2.00 bits per heavy atom. The molecule has 0 spiro atoms. The summed E-state index contributed by atoms with van der Waals surface area (Å²) in [7, 11) is 0.